The Bertz CT molecular complexity index is 1050. The highest BCUT2D eigenvalue weighted by atomic mass is 16.1. The summed E-state index contributed by atoms with van der Waals surface area (Å²) in [6, 6.07) is 28.0. The summed E-state index contributed by atoms with van der Waals surface area (Å²) in [5, 5.41) is 3.01. The number of aryl methyl sites for hydroxylation is 1. The van der Waals surface area contributed by atoms with Crippen LogP contribution >= 0.6 is 0 Å². The van der Waals surface area contributed by atoms with Gasteiger partial charge in [-0.2, -0.15) is 0 Å². The van der Waals surface area contributed by atoms with Gasteiger partial charge in [-0.3, -0.25) is 4.79 Å². The Kier molecular flexibility index (Phi) is 5.81. The largest absolute Gasteiger partial charge is 0.352 e. The molecule has 3 aromatic carbocycles. The SMILES string of the molecule is O=C(NCCCn1ccnc1-c1ccccc1)c1ccc(-c2ccccc2)cc1. The van der Waals surface area contributed by atoms with Crippen LogP contribution in [0.3, 0.4) is 0 Å². The number of aromatic nitrogens is 2. The van der Waals surface area contributed by atoms with E-state index in [-0.39, 0.29) is 5.91 Å². The molecule has 4 heteroatoms. The predicted octanol–water partition coefficient (Wildman–Crippen LogP) is 5.04. The van der Waals surface area contributed by atoms with Crippen molar-refractivity contribution in [2.24, 2.45) is 0 Å². The van der Waals surface area contributed by atoms with Crippen LogP contribution in [0, 0.1) is 0 Å². The van der Waals surface area contributed by atoms with Crippen LogP contribution in [0.2, 0.25) is 0 Å². The first-order chi connectivity index (χ1) is 14.3. The molecule has 4 aromatic rings. The van der Waals surface area contributed by atoms with Crippen molar-refractivity contribution >= 4 is 5.91 Å². The zero-order valence-electron chi connectivity index (χ0n) is 16.2. The van der Waals surface area contributed by atoms with Gasteiger partial charge in [0.2, 0.25) is 0 Å². The van der Waals surface area contributed by atoms with E-state index in [1.54, 1.807) is 0 Å². The Hall–Kier alpha value is -3.66. The van der Waals surface area contributed by atoms with Crippen molar-refractivity contribution in [1.29, 1.82) is 0 Å². The standard InChI is InChI=1S/C25H23N3O/c29-25(23-14-12-21(13-15-23)20-8-3-1-4-9-20)27-16-7-18-28-19-17-26-24(28)22-10-5-2-6-11-22/h1-6,8-15,17,19H,7,16,18H2,(H,27,29). The molecule has 0 fully saturated rings. The second-order valence-electron chi connectivity index (χ2n) is 6.86. The molecule has 4 nitrogen and oxygen atoms in total. The molecule has 29 heavy (non-hydrogen) atoms. The summed E-state index contributed by atoms with van der Waals surface area (Å²) >= 11 is 0. The molecular formula is C25H23N3O. The summed E-state index contributed by atoms with van der Waals surface area (Å²) in [5.74, 6) is 0.909. The van der Waals surface area contributed by atoms with Crippen molar-refractivity contribution in [3.63, 3.8) is 0 Å². The third-order valence-electron chi connectivity index (χ3n) is 4.86. The van der Waals surface area contributed by atoms with Crippen LogP contribution in [0.25, 0.3) is 22.5 Å². The van der Waals surface area contributed by atoms with Crippen LogP contribution in [-0.4, -0.2) is 22.0 Å². The number of rotatable bonds is 7. The smallest absolute Gasteiger partial charge is 0.251 e. The number of carbonyl (C=O) groups excluding carboxylic acids is 1. The number of hydrogen-bond donors (Lipinski definition) is 1. The fourth-order valence-corrected chi connectivity index (χ4v) is 3.34. The second kappa shape index (κ2) is 9.02. The lowest BCUT2D eigenvalue weighted by molar-refractivity contribution is 0.0953. The molecule has 0 saturated carbocycles. The summed E-state index contributed by atoms with van der Waals surface area (Å²) < 4.78 is 2.12. The lowest BCUT2D eigenvalue weighted by Gasteiger charge is -2.09. The van der Waals surface area contributed by atoms with Gasteiger partial charge in [0.05, 0.1) is 0 Å². The van der Waals surface area contributed by atoms with Crippen molar-refractivity contribution in [3.05, 3.63) is 103 Å². The number of carbonyl (C=O) groups is 1. The van der Waals surface area contributed by atoms with Crippen molar-refractivity contribution in [2.45, 2.75) is 13.0 Å². The highest BCUT2D eigenvalue weighted by Crippen LogP contribution is 2.19. The average molecular weight is 381 g/mol. The second-order valence-corrected chi connectivity index (χ2v) is 6.86. The van der Waals surface area contributed by atoms with Gasteiger partial charge in [-0.05, 0) is 29.7 Å². The van der Waals surface area contributed by atoms with E-state index in [2.05, 4.69) is 39.1 Å². The molecule has 1 aromatic heterocycles. The highest BCUT2D eigenvalue weighted by Gasteiger charge is 2.07. The van der Waals surface area contributed by atoms with Crippen LogP contribution in [-0.2, 0) is 6.54 Å². The Balaban J connectivity index is 1.29. The summed E-state index contributed by atoms with van der Waals surface area (Å²) in [5.41, 5.74) is 4.03. The van der Waals surface area contributed by atoms with Crippen molar-refractivity contribution in [2.75, 3.05) is 6.54 Å². The van der Waals surface area contributed by atoms with Gasteiger partial charge in [0.1, 0.15) is 5.82 Å². The number of amides is 1. The van der Waals surface area contributed by atoms with E-state index in [9.17, 15) is 4.79 Å². The Morgan fingerprint density at radius 1 is 0.793 bits per heavy atom. The Labute approximate surface area is 170 Å². The molecule has 0 saturated heterocycles. The van der Waals surface area contributed by atoms with E-state index >= 15 is 0 Å². The number of nitrogens with zero attached hydrogens (tertiary/aromatic N) is 2. The first kappa shape index (κ1) is 18.7. The van der Waals surface area contributed by atoms with Gasteiger partial charge in [0.15, 0.2) is 0 Å². The monoisotopic (exact) mass is 381 g/mol. The molecule has 0 atom stereocenters. The molecule has 0 radical (unpaired) electrons. The van der Waals surface area contributed by atoms with Crippen LogP contribution in [0.4, 0.5) is 0 Å². The summed E-state index contributed by atoms with van der Waals surface area (Å²) in [6.45, 7) is 1.42. The number of hydrogen-bond acceptors (Lipinski definition) is 2. The fourth-order valence-electron chi connectivity index (χ4n) is 3.34. The maximum absolute atomic E-state index is 12.4. The minimum absolute atomic E-state index is 0.0430. The number of imidazole rings is 1. The van der Waals surface area contributed by atoms with Crippen molar-refractivity contribution in [1.82, 2.24) is 14.9 Å². The van der Waals surface area contributed by atoms with E-state index in [1.807, 2.05) is 73.1 Å². The normalized spacial score (nSPS) is 10.6. The average Bonchev–Trinajstić information content (AvgIpc) is 3.26. The minimum Gasteiger partial charge on any atom is -0.352 e. The quantitative estimate of drug-likeness (QED) is 0.456. The molecule has 1 amide bonds. The molecular weight excluding hydrogens is 358 g/mol. The van der Waals surface area contributed by atoms with E-state index in [0.717, 1.165) is 35.5 Å². The molecule has 0 aliphatic carbocycles. The van der Waals surface area contributed by atoms with Gasteiger partial charge in [-0.1, -0.05) is 72.8 Å². The Morgan fingerprint density at radius 2 is 1.41 bits per heavy atom. The maximum Gasteiger partial charge on any atom is 0.251 e. The van der Waals surface area contributed by atoms with Crippen LogP contribution in [0.5, 0.6) is 0 Å². The van der Waals surface area contributed by atoms with Gasteiger partial charge in [0, 0.05) is 36.6 Å². The van der Waals surface area contributed by atoms with E-state index < -0.39 is 0 Å². The van der Waals surface area contributed by atoms with Gasteiger partial charge >= 0.3 is 0 Å². The minimum atomic E-state index is -0.0430. The lowest BCUT2D eigenvalue weighted by Crippen LogP contribution is -2.25. The molecule has 0 bridgehead atoms. The zero-order chi connectivity index (χ0) is 19.9. The Morgan fingerprint density at radius 3 is 2.10 bits per heavy atom. The molecule has 0 unspecified atom stereocenters. The molecule has 0 aliphatic heterocycles. The van der Waals surface area contributed by atoms with E-state index in [4.69, 9.17) is 0 Å². The maximum atomic E-state index is 12.4. The number of benzene rings is 3. The van der Waals surface area contributed by atoms with Crippen molar-refractivity contribution in [3.8, 4) is 22.5 Å². The van der Waals surface area contributed by atoms with Gasteiger partial charge < -0.3 is 9.88 Å². The van der Waals surface area contributed by atoms with Crippen LogP contribution in [0.15, 0.2) is 97.3 Å². The third-order valence-corrected chi connectivity index (χ3v) is 4.86. The van der Waals surface area contributed by atoms with Crippen LogP contribution < -0.4 is 5.32 Å². The molecule has 144 valence electrons. The highest BCUT2D eigenvalue weighted by molar-refractivity contribution is 5.94. The summed E-state index contributed by atoms with van der Waals surface area (Å²) in [7, 11) is 0. The van der Waals surface area contributed by atoms with Gasteiger partial charge in [-0.15, -0.1) is 0 Å². The molecule has 4 rings (SSSR count). The van der Waals surface area contributed by atoms with Crippen molar-refractivity contribution < 1.29 is 4.79 Å². The predicted molar refractivity (Wildman–Crippen MR) is 116 cm³/mol. The third kappa shape index (κ3) is 4.61. The molecule has 1 N–H and O–H groups in total. The topological polar surface area (TPSA) is 46.9 Å². The summed E-state index contributed by atoms with van der Waals surface area (Å²) in [6.07, 6.45) is 4.63. The van der Waals surface area contributed by atoms with Gasteiger partial charge in [0.25, 0.3) is 5.91 Å². The summed E-state index contributed by atoms with van der Waals surface area (Å²) in [4.78, 5) is 16.9. The first-order valence-corrected chi connectivity index (χ1v) is 9.81. The molecule has 0 aliphatic rings. The first-order valence-electron chi connectivity index (χ1n) is 9.81. The van der Waals surface area contributed by atoms with Crippen LogP contribution in [0.1, 0.15) is 16.8 Å². The molecule has 0 spiro atoms. The fraction of sp³-hybridized carbons (Fsp3) is 0.120. The van der Waals surface area contributed by atoms with Gasteiger partial charge in [-0.25, -0.2) is 4.98 Å². The number of nitrogens with one attached hydrogen (secondary N) is 1. The van der Waals surface area contributed by atoms with E-state index in [0.29, 0.717) is 12.1 Å². The molecule has 1 heterocycles. The van der Waals surface area contributed by atoms with E-state index in [1.165, 1.54) is 0 Å². The zero-order valence-corrected chi connectivity index (χ0v) is 16.2. The lowest BCUT2D eigenvalue weighted by atomic mass is 10.0.